The molecule has 20 heavy (non-hydrogen) atoms. The molecule has 3 rings (SSSR count). The summed E-state index contributed by atoms with van der Waals surface area (Å²) in [6, 6.07) is 5.69. The van der Waals surface area contributed by atoms with Crippen molar-refractivity contribution in [2.45, 2.75) is 6.92 Å². The molecule has 0 aliphatic heterocycles. The van der Waals surface area contributed by atoms with Crippen LogP contribution < -0.4 is 0 Å². The molecular weight excluding hydrogens is 447 g/mol. The van der Waals surface area contributed by atoms with Crippen molar-refractivity contribution in [2.75, 3.05) is 0 Å². The number of fused-ring (bicyclic) bond motifs is 1. The summed E-state index contributed by atoms with van der Waals surface area (Å²) in [5, 5.41) is 1.79. The number of hydrogen-bond donors (Lipinski definition) is 0. The third kappa shape index (κ3) is 2.50. The standard InChI is InChI=1S/C13H6Br2Cl2N2S/c1-5-2-3-7(16)10-9(5)12(17)19-13(18-10)6-4-8(14)20-11(6)15/h2-4H,1H3. The van der Waals surface area contributed by atoms with Crippen molar-refractivity contribution in [2.24, 2.45) is 0 Å². The number of aryl methyl sites for hydroxylation is 1. The van der Waals surface area contributed by atoms with Gasteiger partial charge in [0, 0.05) is 10.9 Å². The molecule has 2 heterocycles. The Morgan fingerprint density at radius 1 is 1.15 bits per heavy atom. The maximum atomic E-state index is 6.32. The molecule has 102 valence electrons. The van der Waals surface area contributed by atoms with Crippen molar-refractivity contribution < 1.29 is 0 Å². The predicted octanol–water partition coefficient (Wildman–Crippen LogP) is 6.50. The fourth-order valence-electron chi connectivity index (χ4n) is 1.93. The van der Waals surface area contributed by atoms with Gasteiger partial charge in [-0.05, 0) is 56.5 Å². The van der Waals surface area contributed by atoms with Gasteiger partial charge in [0.1, 0.15) is 5.15 Å². The summed E-state index contributed by atoms with van der Waals surface area (Å²) < 4.78 is 1.94. The van der Waals surface area contributed by atoms with Crippen LogP contribution in [-0.2, 0) is 0 Å². The zero-order valence-electron chi connectivity index (χ0n) is 10.0. The van der Waals surface area contributed by atoms with Gasteiger partial charge in [-0.25, -0.2) is 9.97 Å². The average Bonchev–Trinajstić information content (AvgIpc) is 2.72. The minimum Gasteiger partial charge on any atom is -0.226 e. The Balaban J connectivity index is 2.35. The van der Waals surface area contributed by atoms with Crippen molar-refractivity contribution >= 4 is 77.3 Å². The summed E-state index contributed by atoms with van der Waals surface area (Å²) in [5.74, 6) is 0.559. The van der Waals surface area contributed by atoms with E-state index in [1.54, 1.807) is 11.3 Å². The van der Waals surface area contributed by atoms with Crippen LogP contribution in [-0.4, -0.2) is 9.97 Å². The maximum Gasteiger partial charge on any atom is 0.163 e. The van der Waals surface area contributed by atoms with E-state index in [0.717, 1.165) is 24.1 Å². The highest BCUT2D eigenvalue weighted by Gasteiger charge is 2.16. The summed E-state index contributed by atoms with van der Waals surface area (Å²) >= 11 is 21.1. The first-order chi connectivity index (χ1) is 9.47. The Morgan fingerprint density at radius 3 is 2.55 bits per heavy atom. The van der Waals surface area contributed by atoms with Crippen molar-refractivity contribution in [1.82, 2.24) is 9.97 Å². The van der Waals surface area contributed by atoms with Crippen LogP contribution >= 0.6 is 66.4 Å². The first-order valence-corrected chi connectivity index (χ1v) is 8.71. The van der Waals surface area contributed by atoms with Crippen LogP contribution in [0.5, 0.6) is 0 Å². The Morgan fingerprint density at radius 2 is 1.90 bits per heavy atom. The Bertz CT molecular complexity index is 833. The van der Waals surface area contributed by atoms with Crippen molar-refractivity contribution in [3.8, 4) is 11.4 Å². The van der Waals surface area contributed by atoms with E-state index in [1.807, 2.05) is 25.1 Å². The van der Waals surface area contributed by atoms with E-state index < -0.39 is 0 Å². The van der Waals surface area contributed by atoms with E-state index >= 15 is 0 Å². The molecule has 7 heteroatoms. The summed E-state index contributed by atoms with van der Waals surface area (Å²) in [6.07, 6.45) is 0. The maximum absolute atomic E-state index is 6.32. The second-order valence-electron chi connectivity index (χ2n) is 4.16. The van der Waals surface area contributed by atoms with E-state index in [9.17, 15) is 0 Å². The average molecular weight is 453 g/mol. The smallest absolute Gasteiger partial charge is 0.163 e. The van der Waals surface area contributed by atoms with Gasteiger partial charge in [0.25, 0.3) is 0 Å². The van der Waals surface area contributed by atoms with E-state index in [-0.39, 0.29) is 0 Å². The number of hydrogen-bond acceptors (Lipinski definition) is 3. The molecule has 3 aromatic rings. The molecule has 1 aromatic carbocycles. The molecule has 2 aromatic heterocycles. The van der Waals surface area contributed by atoms with E-state index in [1.165, 1.54) is 0 Å². The van der Waals surface area contributed by atoms with Crippen molar-refractivity contribution in [3.63, 3.8) is 0 Å². The summed E-state index contributed by atoms with van der Waals surface area (Å²) in [4.78, 5) is 8.97. The fraction of sp³-hybridized carbons (Fsp3) is 0.0769. The molecule has 0 bridgehead atoms. The molecule has 0 aliphatic carbocycles. The van der Waals surface area contributed by atoms with Crippen LogP contribution in [0.2, 0.25) is 10.2 Å². The fourth-order valence-corrected chi connectivity index (χ4v) is 5.24. The lowest BCUT2D eigenvalue weighted by Gasteiger charge is -2.07. The minimum absolute atomic E-state index is 0.416. The largest absolute Gasteiger partial charge is 0.226 e. The normalized spacial score (nSPS) is 11.2. The Labute approximate surface area is 146 Å². The Hall–Kier alpha value is -0.200. The molecule has 0 amide bonds. The molecule has 0 atom stereocenters. The van der Waals surface area contributed by atoms with Crippen molar-refractivity contribution in [3.05, 3.63) is 41.5 Å². The lowest BCUT2D eigenvalue weighted by Crippen LogP contribution is -1.93. The lowest BCUT2D eigenvalue weighted by molar-refractivity contribution is 1.22. The summed E-state index contributed by atoms with van der Waals surface area (Å²) in [6.45, 7) is 1.96. The number of halogens is 4. The van der Waals surface area contributed by atoms with Gasteiger partial charge in [-0.15, -0.1) is 11.3 Å². The van der Waals surface area contributed by atoms with Gasteiger partial charge >= 0.3 is 0 Å². The second kappa shape index (κ2) is 5.54. The van der Waals surface area contributed by atoms with Crippen LogP contribution in [0.4, 0.5) is 0 Å². The number of rotatable bonds is 1. The molecule has 0 saturated heterocycles. The van der Waals surface area contributed by atoms with Gasteiger partial charge in [0.2, 0.25) is 0 Å². The Kier molecular flexibility index (Phi) is 4.08. The topological polar surface area (TPSA) is 25.8 Å². The summed E-state index contributed by atoms with van der Waals surface area (Å²) in [7, 11) is 0. The van der Waals surface area contributed by atoms with Crippen LogP contribution in [0, 0.1) is 6.92 Å². The molecular formula is C13H6Br2Cl2N2S. The lowest BCUT2D eigenvalue weighted by atomic mass is 10.1. The molecule has 0 spiro atoms. The van der Waals surface area contributed by atoms with Crippen LogP contribution in [0.1, 0.15) is 5.56 Å². The van der Waals surface area contributed by atoms with Gasteiger partial charge in [0.15, 0.2) is 5.82 Å². The first kappa shape index (κ1) is 14.7. The molecule has 0 fully saturated rings. The van der Waals surface area contributed by atoms with Gasteiger partial charge in [-0.1, -0.05) is 29.3 Å². The number of benzene rings is 1. The van der Waals surface area contributed by atoms with Crippen LogP contribution in [0.3, 0.4) is 0 Å². The molecule has 0 unspecified atom stereocenters. The van der Waals surface area contributed by atoms with Crippen molar-refractivity contribution in [1.29, 1.82) is 0 Å². The van der Waals surface area contributed by atoms with Gasteiger partial charge in [0.05, 0.1) is 18.1 Å². The molecule has 0 N–H and O–H groups in total. The second-order valence-corrected chi connectivity index (χ2v) is 8.68. The minimum atomic E-state index is 0.416. The molecule has 0 aliphatic rings. The highest BCUT2D eigenvalue weighted by molar-refractivity contribution is 9.12. The third-order valence-electron chi connectivity index (χ3n) is 2.86. The molecule has 0 radical (unpaired) electrons. The zero-order chi connectivity index (χ0) is 14.4. The van der Waals surface area contributed by atoms with E-state index in [2.05, 4.69) is 41.8 Å². The quantitative estimate of drug-likeness (QED) is 0.394. The van der Waals surface area contributed by atoms with Crippen LogP contribution in [0.15, 0.2) is 25.8 Å². The van der Waals surface area contributed by atoms with E-state index in [0.29, 0.717) is 21.5 Å². The van der Waals surface area contributed by atoms with E-state index in [4.69, 9.17) is 23.2 Å². The number of nitrogens with zero attached hydrogens (tertiary/aromatic N) is 2. The third-order valence-corrected chi connectivity index (χ3v) is 5.78. The number of thiophene rings is 1. The summed E-state index contributed by atoms with van der Waals surface area (Å²) in [5.41, 5.74) is 2.57. The monoisotopic (exact) mass is 450 g/mol. The molecule has 2 nitrogen and oxygen atoms in total. The predicted molar refractivity (Wildman–Crippen MR) is 93.0 cm³/mol. The van der Waals surface area contributed by atoms with Gasteiger partial charge < -0.3 is 0 Å². The first-order valence-electron chi connectivity index (χ1n) is 5.55. The number of aromatic nitrogens is 2. The van der Waals surface area contributed by atoms with Crippen LogP contribution in [0.25, 0.3) is 22.3 Å². The highest BCUT2D eigenvalue weighted by atomic mass is 79.9. The SMILES string of the molecule is Cc1ccc(Cl)c2nc(-c3cc(Br)sc3Br)nc(Cl)c12. The zero-order valence-corrected chi connectivity index (χ0v) is 15.5. The van der Waals surface area contributed by atoms with Gasteiger partial charge in [-0.2, -0.15) is 0 Å². The highest BCUT2D eigenvalue weighted by Crippen LogP contribution is 2.39. The molecule has 0 saturated carbocycles. The van der Waals surface area contributed by atoms with Gasteiger partial charge in [-0.3, -0.25) is 0 Å².